The molecular weight excluding hydrogens is 276 g/mol. The molecule has 0 heterocycles. The van der Waals surface area contributed by atoms with E-state index in [0.29, 0.717) is 18.7 Å². The maximum Gasteiger partial charge on any atom is 0.179 e. The molecule has 5 nitrogen and oxygen atoms in total. The number of sulfone groups is 1. The summed E-state index contributed by atoms with van der Waals surface area (Å²) in [5, 5.41) is 20.9. The van der Waals surface area contributed by atoms with Gasteiger partial charge in [0.05, 0.1) is 22.3 Å². The van der Waals surface area contributed by atoms with Gasteiger partial charge in [-0.25, -0.2) is 8.42 Å². The molecule has 0 radical (unpaired) electrons. The molecule has 0 aliphatic heterocycles. The minimum atomic E-state index is -3.39. The molecule has 0 fully saturated rings. The first kappa shape index (κ1) is 16.6. The van der Waals surface area contributed by atoms with Crippen LogP contribution >= 0.6 is 0 Å². The van der Waals surface area contributed by atoms with Crippen LogP contribution in [-0.4, -0.2) is 39.0 Å². The second kappa shape index (κ2) is 6.84. The minimum Gasteiger partial charge on any atom is -0.396 e. The van der Waals surface area contributed by atoms with Gasteiger partial charge in [-0.1, -0.05) is 19.9 Å². The van der Waals surface area contributed by atoms with Crippen LogP contribution in [0.15, 0.2) is 29.2 Å². The molecule has 110 valence electrons. The largest absolute Gasteiger partial charge is 0.396 e. The van der Waals surface area contributed by atoms with Gasteiger partial charge in [-0.05, 0) is 18.2 Å². The predicted octanol–water partition coefficient (Wildman–Crippen LogP) is 0.940. The molecular formula is C14H20N2O3S. The Labute approximate surface area is 120 Å². The summed E-state index contributed by atoms with van der Waals surface area (Å²) in [6, 6.07) is 7.94. The summed E-state index contributed by atoms with van der Waals surface area (Å²) in [7, 11) is -3.39. The van der Waals surface area contributed by atoms with Crippen LogP contribution in [0.2, 0.25) is 0 Å². The summed E-state index contributed by atoms with van der Waals surface area (Å²) in [5.74, 6) is -0.0383. The lowest BCUT2D eigenvalue weighted by molar-refractivity contribution is 0.158. The lowest BCUT2D eigenvalue weighted by Gasteiger charge is -2.21. The SMILES string of the molecule is CC(C)(CO)CNCCS(=O)(=O)c1cccc(C#N)c1. The number of nitrogens with zero attached hydrogens (tertiary/aromatic N) is 1. The molecule has 0 aliphatic rings. The Bertz CT molecular complexity index is 589. The molecule has 0 aromatic heterocycles. The maximum absolute atomic E-state index is 12.1. The van der Waals surface area contributed by atoms with E-state index in [1.54, 1.807) is 12.1 Å². The Morgan fingerprint density at radius 2 is 2.10 bits per heavy atom. The van der Waals surface area contributed by atoms with Gasteiger partial charge in [0.2, 0.25) is 0 Å². The van der Waals surface area contributed by atoms with Crippen LogP contribution in [0.4, 0.5) is 0 Å². The van der Waals surface area contributed by atoms with Crippen molar-refractivity contribution in [3.05, 3.63) is 29.8 Å². The number of nitrogens with one attached hydrogen (secondary N) is 1. The normalized spacial score (nSPS) is 12.1. The molecule has 0 bridgehead atoms. The van der Waals surface area contributed by atoms with Crippen molar-refractivity contribution in [1.82, 2.24) is 5.32 Å². The first-order valence-corrected chi connectivity index (χ1v) is 8.00. The summed E-state index contributed by atoms with van der Waals surface area (Å²) in [6.07, 6.45) is 0. The average Bonchev–Trinajstić information content (AvgIpc) is 2.44. The third-order valence-electron chi connectivity index (χ3n) is 2.90. The summed E-state index contributed by atoms with van der Waals surface area (Å²) < 4.78 is 24.2. The topological polar surface area (TPSA) is 90.2 Å². The minimum absolute atomic E-state index is 0.0383. The van der Waals surface area contributed by atoms with E-state index in [9.17, 15) is 8.42 Å². The van der Waals surface area contributed by atoms with E-state index in [-0.39, 0.29) is 22.7 Å². The fraction of sp³-hybridized carbons (Fsp3) is 0.500. The summed E-state index contributed by atoms with van der Waals surface area (Å²) in [6.45, 7) is 4.67. The number of aliphatic hydroxyl groups excluding tert-OH is 1. The van der Waals surface area contributed by atoms with Crippen molar-refractivity contribution in [3.63, 3.8) is 0 Å². The van der Waals surface area contributed by atoms with E-state index in [1.165, 1.54) is 12.1 Å². The molecule has 0 amide bonds. The van der Waals surface area contributed by atoms with Gasteiger partial charge in [0, 0.05) is 25.1 Å². The first-order chi connectivity index (χ1) is 9.30. The highest BCUT2D eigenvalue weighted by molar-refractivity contribution is 7.91. The third-order valence-corrected chi connectivity index (χ3v) is 4.62. The summed E-state index contributed by atoms with van der Waals surface area (Å²) in [4.78, 5) is 0.166. The first-order valence-electron chi connectivity index (χ1n) is 6.35. The number of hydrogen-bond donors (Lipinski definition) is 2. The average molecular weight is 296 g/mol. The Hall–Kier alpha value is -1.42. The maximum atomic E-state index is 12.1. The van der Waals surface area contributed by atoms with Crippen LogP contribution in [0.3, 0.4) is 0 Å². The molecule has 0 aliphatic carbocycles. The Kier molecular flexibility index (Phi) is 5.69. The van der Waals surface area contributed by atoms with E-state index in [4.69, 9.17) is 10.4 Å². The van der Waals surface area contributed by atoms with Crippen LogP contribution < -0.4 is 5.32 Å². The van der Waals surface area contributed by atoms with Crippen molar-refractivity contribution < 1.29 is 13.5 Å². The van der Waals surface area contributed by atoms with Crippen LogP contribution in [0.1, 0.15) is 19.4 Å². The molecule has 0 saturated heterocycles. The van der Waals surface area contributed by atoms with E-state index >= 15 is 0 Å². The van der Waals surface area contributed by atoms with Gasteiger partial charge in [0.1, 0.15) is 0 Å². The molecule has 0 saturated carbocycles. The molecule has 1 aromatic carbocycles. The van der Waals surface area contributed by atoms with Crippen molar-refractivity contribution in [2.45, 2.75) is 18.7 Å². The number of nitriles is 1. The second-order valence-electron chi connectivity index (χ2n) is 5.46. The standard InChI is InChI=1S/C14H20N2O3S/c1-14(2,11-17)10-16-6-7-20(18,19)13-5-3-4-12(8-13)9-15/h3-5,8,16-17H,6-7,10-11H2,1-2H3. The van der Waals surface area contributed by atoms with Crippen LogP contribution in [0, 0.1) is 16.7 Å². The van der Waals surface area contributed by atoms with Gasteiger partial charge >= 0.3 is 0 Å². The van der Waals surface area contributed by atoms with Crippen LogP contribution in [-0.2, 0) is 9.84 Å². The van der Waals surface area contributed by atoms with E-state index in [0.717, 1.165) is 0 Å². The lowest BCUT2D eigenvalue weighted by Crippen LogP contribution is -2.34. The molecule has 2 N–H and O–H groups in total. The van der Waals surface area contributed by atoms with E-state index in [2.05, 4.69) is 5.32 Å². The quantitative estimate of drug-likeness (QED) is 0.731. The molecule has 0 spiro atoms. The number of hydrogen-bond acceptors (Lipinski definition) is 5. The van der Waals surface area contributed by atoms with Crippen LogP contribution in [0.5, 0.6) is 0 Å². The van der Waals surface area contributed by atoms with Gasteiger partial charge in [-0.2, -0.15) is 5.26 Å². The monoisotopic (exact) mass is 296 g/mol. The highest BCUT2D eigenvalue weighted by Gasteiger charge is 2.18. The van der Waals surface area contributed by atoms with Crippen molar-refractivity contribution in [2.75, 3.05) is 25.4 Å². The fourth-order valence-electron chi connectivity index (χ4n) is 1.57. The van der Waals surface area contributed by atoms with Crippen molar-refractivity contribution in [1.29, 1.82) is 5.26 Å². The Morgan fingerprint density at radius 1 is 1.40 bits per heavy atom. The highest BCUT2D eigenvalue weighted by Crippen LogP contribution is 2.13. The number of aliphatic hydroxyl groups is 1. The fourth-order valence-corrected chi connectivity index (χ4v) is 2.81. The highest BCUT2D eigenvalue weighted by atomic mass is 32.2. The third kappa shape index (κ3) is 4.93. The number of benzene rings is 1. The van der Waals surface area contributed by atoms with E-state index in [1.807, 2.05) is 19.9 Å². The summed E-state index contributed by atoms with van der Waals surface area (Å²) >= 11 is 0. The van der Waals surface area contributed by atoms with E-state index < -0.39 is 9.84 Å². The number of rotatable bonds is 7. The smallest absolute Gasteiger partial charge is 0.179 e. The molecule has 20 heavy (non-hydrogen) atoms. The molecule has 6 heteroatoms. The zero-order valence-electron chi connectivity index (χ0n) is 11.8. The van der Waals surface area contributed by atoms with Crippen LogP contribution in [0.25, 0.3) is 0 Å². The molecule has 1 aromatic rings. The molecule has 1 rings (SSSR count). The van der Waals surface area contributed by atoms with Crippen molar-refractivity contribution in [3.8, 4) is 6.07 Å². The van der Waals surface area contributed by atoms with Crippen molar-refractivity contribution in [2.24, 2.45) is 5.41 Å². The Morgan fingerprint density at radius 3 is 2.70 bits per heavy atom. The second-order valence-corrected chi connectivity index (χ2v) is 7.57. The predicted molar refractivity (Wildman–Crippen MR) is 76.9 cm³/mol. The molecule has 0 atom stereocenters. The lowest BCUT2D eigenvalue weighted by atomic mass is 9.95. The van der Waals surface area contributed by atoms with Crippen molar-refractivity contribution >= 4 is 9.84 Å². The summed E-state index contributed by atoms with van der Waals surface area (Å²) in [5.41, 5.74) is 0.0604. The van der Waals surface area contributed by atoms with Gasteiger partial charge in [-0.3, -0.25) is 0 Å². The zero-order chi connectivity index (χ0) is 15.2. The van der Waals surface area contributed by atoms with Gasteiger partial charge in [0.25, 0.3) is 0 Å². The Balaban J connectivity index is 2.60. The van der Waals surface area contributed by atoms with Gasteiger partial charge in [-0.15, -0.1) is 0 Å². The zero-order valence-corrected chi connectivity index (χ0v) is 12.6. The van der Waals surface area contributed by atoms with Gasteiger partial charge < -0.3 is 10.4 Å². The van der Waals surface area contributed by atoms with Gasteiger partial charge in [0.15, 0.2) is 9.84 Å². The molecule has 0 unspecified atom stereocenters.